The largest absolute Gasteiger partial charge is 0.491 e. The van der Waals surface area contributed by atoms with E-state index in [1.165, 1.54) is 38.7 Å². The lowest BCUT2D eigenvalue weighted by molar-refractivity contribution is -0.147. The maximum Gasteiger partial charge on any atom is 0.378 e. The van der Waals surface area contributed by atoms with Crippen molar-refractivity contribution in [1.29, 1.82) is 0 Å². The Morgan fingerprint density at radius 1 is 1.30 bits per heavy atom. The Kier molecular flexibility index (Phi) is 7.86. The fourth-order valence-corrected chi connectivity index (χ4v) is 3.55. The molecule has 10 heteroatoms. The van der Waals surface area contributed by atoms with Gasteiger partial charge in [0.2, 0.25) is 0 Å². The molecule has 148 valence electrons. The monoisotopic (exact) mass is 420 g/mol. The SMILES string of the molecule is COP(=O)(OC)C(OC(=O)CCCOc1ccc(Cl)cc1F)c1ccco1. The van der Waals surface area contributed by atoms with Gasteiger partial charge < -0.3 is 22.9 Å². The van der Waals surface area contributed by atoms with Crippen LogP contribution in [0.2, 0.25) is 5.02 Å². The quantitative estimate of drug-likeness (QED) is 0.305. The van der Waals surface area contributed by atoms with Gasteiger partial charge in [-0.05, 0) is 36.8 Å². The van der Waals surface area contributed by atoms with Crippen molar-refractivity contribution in [2.45, 2.75) is 18.7 Å². The zero-order chi connectivity index (χ0) is 19.9. The van der Waals surface area contributed by atoms with E-state index in [4.69, 9.17) is 34.5 Å². The molecule has 0 N–H and O–H groups in total. The predicted octanol–water partition coefficient (Wildman–Crippen LogP) is 4.96. The molecule has 2 aromatic rings. The molecule has 0 saturated carbocycles. The summed E-state index contributed by atoms with van der Waals surface area (Å²) in [4.78, 5) is 12.1. The summed E-state index contributed by atoms with van der Waals surface area (Å²) in [5, 5.41) is 0.258. The second-order valence-corrected chi connectivity index (χ2v) is 8.00. The number of ether oxygens (including phenoxy) is 2. The van der Waals surface area contributed by atoms with E-state index >= 15 is 0 Å². The predicted molar refractivity (Wildman–Crippen MR) is 95.3 cm³/mol. The van der Waals surface area contributed by atoms with Crippen molar-refractivity contribution in [2.24, 2.45) is 0 Å². The van der Waals surface area contributed by atoms with Gasteiger partial charge in [-0.25, -0.2) is 4.39 Å². The minimum atomic E-state index is -3.76. The molecule has 0 aliphatic carbocycles. The summed E-state index contributed by atoms with van der Waals surface area (Å²) in [6.07, 6.45) is 1.54. The Balaban J connectivity index is 1.89. The van der Waals surface area contributed by atoms with E-state index in [-0.39, 0.29) is 36.0 Å². The van der Waals surface area contributed by atoms with Crippen molar-refractivity contribution in [3.63, 3.8) is 0 Å². The van der Waals surface area contributed by atoms with Gasteiger partial charge in [0.1, 0.15) is 0 Å². The van der Waals surface area contributed by atoms with Crippen LogP contribution in [0.25, 0.3) is 0 Å². The van der Waals surface area contributed by atoms with Crippen LogP contribution in [0.5, 0.6) is 5.75 Å². The lowest BCUT2D eigenvalue weighted by atomic mass is 10.3. The van der Waals surface area contributed by atoms with Gasteiger partial charge in [-0.1, -0.05) is 11.6 Å². The summed E-state index contributed by atoms with van der Waals surface area (Å²) < 4.78 is 51.7. The van der Waals surface area contributed by atoms with Crippen LogP contribution in [0.15, 0.2) is 41.0 Å². The fourth-order valence-electron chi connectivity index (χ4n) is 2.15. The molecule has 0 radical (unpaired) electrons. The van der Waals surface area contributed by atoms with E-state index in [1.54, 1.807) is 6.07 Å². The first-order chi connectivity index (χ1) is 12.9. The minimum Gasteiger partial charge on any atom is -0.491 e. The second-order valence-electron chi connectivity index (χ2n) is 5.29. The molecule has 2 rings (SSSR count). The molecule has 7 nitrogen and oxygen atoms in total. The zero-order valence-electron chi connectivity index (χ0n) is 14.7. The van der Waals surface area contributed by atoms with Crippen molar-refractivity contribution in [3.8, 4) is 5.75 Å². The molecular formula is C17H19ClFO7P. The minimum absolute atomic E-state index is 0.0319. The third-order valence-corrected chi connectivity index (χ3v) is 5.69. The molecule has 1 heterocycles. The van der Waals surface area contributed by atoms with Gasteiger partial charge in [-0.2, -0.15) is 0 Å². The highest BCUT2D eigenvalue weighted by atomic mass is 35.5. The van der Waals surface area contributed by atoms with Crippen molar-refractivity contribution in [1.82, 2.24) is 0 Å². The zero-order valence-corrected chi connectivity index (χ0v) is 16.4. The van der Waals surface area contributed by atoms with Crippen LogP contribution < -0.4 is 4.74 Å². The lowest BCUT2D eigenvalue weighted by Gasteiger charge is -2.22. The average Bonchev–Trinajstić information content (AvgIpc) is 3.18. The van der Waals surface area contributed by atoms with E-state index in [0.29, 0.717) is 0 Å². The molecule has 0 saturated heterocycles. The second kappa shape index (κ2) is 9.90. The maximum absolute atomic E-state index is 13.6. The van der Waals surface area contributed by atoms with Crippen molar-refractivity contribution in [2.75, 3.05) is 20.8 Å². The average molecular weight is 421 g/mol. The number of hydrogen-bond acceptors (Lipinski definition) is 7. The molecule has 0 fully saturated rings. The Morgan fingerprint density at radius 3 is 2.63 bits per heavy atom. The molecule has 1 aromatic heterocycles. The van der Waals surface area contributed by atoms with Crippen LogP contribution in [0.3, 0.4) is 0 Å². The van der Waals surface area contributed by atoms with Crippen LogP contribution in [-0.4, -0.2) is 26.8 Å². The molecule has 27 heavy (non-hydrogen) atoms. The van der Waals surface area contributed by atoms with Gasteiger partial charge in [0.25, 0.3) is 5.85 Å². The van der Waals surface area contributed by atoms with Crippen molar-refractivity contribution >= 4 is 25.2 Å². The number of hydrogen-bond donors (Lipinski definition) is 0. The third kappa shape index (κ3) is 5.81. The first-order valence-electron chi connectivity index (χ1n) is 7.91. The smallest absolute Gasteiger partial charge is 0.378 e. The highest BCUT2D eigenvalue weighted by Gasteiger charge is 2.41. The molecular weight excluding hydrogens is 402 g/mol. The summed E-state index contributed by atoms with van der Waals surface area (Å²) in [6, 6.07) is 7.08. The summed E-state index contributed by atoms with van der Waals surface area (Å²) in [6.45, 7) is 0.0747. The molecule has 0 aliphatic heterocycles. The first-order valence-corrected chi connectivity index (χ1v) is 9.90. The van der Waals surface area contributed by atoms with E-state index in [9.17, 15) is 13.8 Å². The molecule has 1 aromatic carbocycles. The number of carbonyl (C=O) groups is 1. The van der Waals surface area contributed by atoms with E-state index in [0.717, 1.165) is 6.07 Å². The van der Waals surface area contributed by atoms with Gasteiger partial charge >= 0.3 is 13.6 Å². The molecule has 0 bridgehead atoms. The summed E-state index contributed by atoms with van der Waals surface area (Å²) >= 11 is 5.66. The summed E-state index contributed by atoms with van der Waals surface area (Å²) in [7, 11) is -1.40. The topological polar surface area (TPSA) is 84.2 Å². The van der Waals surface area contributed by atoms with Crippen LogP contribution in [0, 0.1) is 5.82 Å². The third-order valence-electron chi connectivity index (χ3n) is 3.50. The number of furan rings is 1. The Hall–Kier alpha value is -1.86. The number of halogens is 2. The Morgan fingerprint density at radius 2 is 2.04 bits per heavy atom. The van der Waals surface area contributed by atoms with E-state index in [2.05, 4.69) is 0 Å². The van der Waals surface area contributed by atoms with Gasteiger partial charge in [-0.15, -0.1) is 0 Å². The number of esters is 1. The molecule has 1 atom stereocenters. The van der Waals surface area contributed by atoms with Gasteiger partial charge in [-0.3, -0.25) is 9.36 Å². The lowest BCUT2D eigenvalue weighted by Crippen LogP contribution is -2.14. The van der Waals surface area contributed by atoms with Gasteiger partial charge in [0, 0.05) is 25.7 Å². The van der Waals surface area contributed by atoms with Crippen LogP contribution in [-0.2, 0) is 23.1 Å². The number of benzene rings is 1. The first kappa shape index (κ1) is 21.4. The maximum atomic E-state index is 13.6. The standard InChI is InChI=1S/C17H19ClFO7P/c1-22-27(21,23-2)17(15-5-3-9-25-15)26-16(20)6-4-10-24-14-8-7-12(18)11-13(14)19/h3,5,7-9,11,17H,4,6,10H2,1-2H3. The molecule has 1 unspecified atom stereocenters. The van der Waals surface area contributed by atoms with Crippen molar-refractivity contribution in [3.05, 3.63) is 53.2 Å². The highest BCUT2D eigenvalue weighted by Crippen LogP contribution is 2.60. The fraction of sp³-hybridized carbons (Fsp3) is 0.353. The van der Waals surface area contributed by atoms with Gasteiger partial charge in [0.05, 0.1) is 12.9 Å². The highest BCUT2D eigenvalue weighted by molar-refractivity contribution is 7.54. The van der Waals surface area contributed by atoms with Gasteiger partial charge in [0.15, 0.2) is 17.3 Å². The van der Waals surface area contributed by atoms with E-state index < -0.39 is 25.2 Å². The summed E-state index contributed by atoms with van der Waals surface area (Å²) in [5.41, 5.74) is 0. The summed E-state index contributed by atoms with van der Waals surface area (Å²) in [5.74, 6) is -2.42. The van der Waals surface area contributed by atoms with Crippen molar-refractivity contribution < 1.29 is 36.7 Å². The number of carbonyl (C=O) groups excluding carboxylic acids is 1. The van der Waals surface area contributed by atoms with Crippen LogP contribution in [0.4, 0.5) is 4.39 Å². The normalized spacial score (nSPS) is 12.6. The molecule has 0 aliphatic rings. The van der Waals surface area contributed by atoms with Crippen LogP contribution in [0.1, 0.15) is 24.4 Å². The van der Waals surface area contributed by atoms with Crippen LogP contribution >= 0.6 is 19.2 Å². The molecule has 0 spiro atoms. The Bertz CT molecular complexity index is 789. The molecule has 0 amide bonds. The Labute approximate surface area is 160 Å². The van der Waals surface area contributed by atoms with E-state index in [1.807, 2.05) is 0 Å². The number of rotatable bonds is 10.